The van der Waals surface area contributed by atoms with Crippen molar-refractivity contribution in [1.29, 1.82) is 0 Å². The van der Waals surface area contributed by atoms with Crippen LogP contribution < -0.4 is 5.32 Å². The number of carbonyl (C=O) groups is 1. The van der Waals surface area contributed by atoms with E-state index in [1.807, 2.05) is 24.3 Å². The number of nitrogens with one attached hydrogen (secondary N) is 1. The van der Waals surface area contributed by atoms with E-state index >= 15 is 0 Å². The molecule has 5 nitrogen and oxygen atoms in total. The molecule has 27 heavy (non-hydrogen) atoms. The average molecular weight is 445 g/mol. The van der Waals surface area contributed by atoms with E-state index in [9.17, 15) is 13.2 Å². The normalized spacial score (nSPS) is 11.2. The second-order valence-electron chi connectivity index (χ2n) is 5.85. The van der Waals surface area contributed by atoms with Crippen molar-refractivity contribution in [3.05, 3.63) is 82.5 Å². The molecule has 7 heteroatoms. The number of amides is 1. The van der Waals surface area contributed by atoms with E-state index in [0.29, 0.717) is 5.69 Å². The molecule has 0 aliphatic heterocycles. The summed E-state index contributed by atoms with van der Waals surface area (Å²) >= 11 is 3.27. The Morgan fingerprint density at radius 1 is 1.00 bits per heavy atom. The van der Waals surface area contributed by atoms with Crippen LogP contribution in [0, 0.1) is 0 Å². The summed E-state index contributed by atoms with van der Waals surface area (Å²) in [5, 5.41) is 2.67. The number of sulfone groups is 1. The van der Waals surface area contributed by atoms with Gasteiger partial charge in [-0.05, 0) is 60.5 Å². The predicted molar refractivity (Wildman–Crippen MR) is 108 cm³/mol. The van der Waals surface area contributed by atoms with Crippen LogP contribution in [0.4, 0.5) is 5.69 Å². The topological polar surface area (TPSA) is 76.1 Å². The molecule has 0 saturated heterocycles. The lowest BCUT2D eigenvalue weighted by atomic mass is 10.1. The molecule has 1 heterocycles. The minimum atomic E-state index is -3.73. The maximum absolute atomic E-state index is 12.6. The minimum absolute atomic E-state index is 0.103. The largest absolute Gasteiger partial charge is 0.322 e. The summed E-state index contributed by atoms with van der Waals surface area (Å²) in [6, 6.07) is 16.7. The molecule has 0 aliphatic carbocycles. The molecule has 0 fully saturated rings. The standard InChI is InChI=1S/C20H17BrN2O3S/c1-2-14-3-8-17(9-4-14)23-20(24)15-5-12-19(22-13-15)27(25,26)18-10-6-16(21)7-11-18/h3-13H,2H2,1H3,(H,23,24). The quantitative estimate of drug-likeness (QED) is 0.628. The van der Waals surface area contributed by atoms with Crippen LogP contribution in [0.15, 0.2) is 81.3 Å². The van der Waals surface area contributed by atoms with Gasteiger partial charge in [0, 0.05) is 16.4 Å². The number of aryl methyl sites for hydroxylation is 1. The molecule has 1 N–H and O–H groups in total. The summed E-state index contributed by atoms with van der Waals surface area (Å²) in [7, 11) is -3.73. The van der Waals surface area contributed by atoms with Crippen molar-refractivity contribution in [3.8, 4) is 0 Å². The highest BCUT2D eigenvalue weighted by molar-refractivity contribution is 9.10. The van der Waals surface area contributed by atoms with Gasteiger partial charge in [-0.3, -0.25) is 4.79 Å². The van der Waals surface area contributed by atoms with Gasteiger partial charge in [-0.25, -0.2) is 13.4 Å². The Kier molecular flexibility index (Phi) is 5.72. The fourth-order valence-electron chi connectivity index (χ4n) is 2.44. The number of hydrogen-bond donors (Lipinski definition) is 1. The van der Waals surface area contributed by atoms with Gasteiger partial charge in [0.1, 0.15) is 0 Å². The number of benzene rings is 2. The van der Waals surface area contributed by atoms with E-state index in [0.717, 1.165) is 10.9 Å². The summed E-state index contributed by atoms with van der Waals surface area (Å²) < 4.78 is 26.0. The molecule has 0 atom stereocenters. The molecule has 3 rings (SSSR count). The highest BCUT2D eigenvalue weighted by atomic mass is 79.9. The Labute approximate surface area is 166 Å². The number of carbonyl (C=O) groups excluding carboxylic acids is 1. The number of rotatable bonds is 5. The van der Waals surface area contributed by atoms with E-state index in [1.165, 1.54) is 36.0 Å². The van der Waals surface area contributed by atoms with Gasteiger partial charge in [0.25, 0.3) is 5.91 Å². The number of anilines is 1. The van der Waals surface area contributed by atoms with Crippen LogP contribution in [0.1, 0.15) is 22.8 Å². The van der Waals surface area contributed by atoms with E-state index in [-0.39, 0.29) is 21.4 Å². The van der Waals surface area contributed by atoms with Crippen LogP contribution in [-0.4, -0.2) is 19.3 Å². The van der Waals surface area contributed by atoms with E-state index in [2.05, 4.69) is 33.2 Å². The molecule has 0 aliphatic rings. The maximum Gasteiger partial charge on any atom is 0.257 e. The molecular weight excluding hydrogens is 428 g/mol. The predicted octanol–water partition coefficient (Wildman–Crippen LogP) is 4.49. The molecule has 0 unspecified atom stereocenters. The first-order valence-electron chi connectivity index (χ1n) is 8.27. The molecule has 0 spiro atoms. The lowest BCUT2D eigenvalue weighted by molar-refractivity contribution is 0.102. The van der Waals surface area contributed by atoms with Crippen LogP contribution in [0.2, 0.25) is 0 Å². The summed E-state index contributed by atoms with van der Waals surface area (Å²) in [5.74, 6) is -0.348. The van der Waals surface area contributed by atoms with Gasteiger partial charge in [-0.1, -0.05) is 35.0 Å². The summed E-state index contributed by atoms with van der Waals surface area (Å²) in [4.78, 5) is 16.5. The number of hydrogen-bond acceptors (Lipinski definition) is 4. The molecular formula is C20H17BrN2O3S. The fraction of sp³-hybridized carbons (Fsp3) is 0.100. The van der Waals surface area contributed by atoms with Crippen LogP contribution in [0.25, 0.3) is 0 Å². The van der Waals surface area contributed by atoms with Crippen molar-refractivity contribution in [1.82, 2.24) is 4.98 Å². The zero-order valence-corrected chi connectivity index (χ0v) is 16.9. The monoisotopic (exact) mass is 444 g/mol. The number of pyridine rings is 1. The molecule has 2 aromatic carbocycles. The van der Waals surface area contributed by atoms with Gasteiger partial charge in [-0.15, -0.1) is 0 Å². The van der Waals surface area contributed by atoms with Crippen LogP contribution in [0.3, 0.4) is 0 Å². The van der Waals surface area contributed by atoms with E-state index < -0.39 is 9.84 Å². The zero-order valence-electron chi connectivity index (χ0n) is 14.5. The van der Waals surface area contributed by atoms with Gasteiger partial charge in [-0.2, -0.15) is 0 Å². The molecule has 0 saturated carbocycles. The molecule has 0 bridgehead atoms. The second kappa shape index (κ2) is 8.02. The Balaban J connectivity index is 1.77. The summed E-state index contributed by atoms with van der Waals surface area (Å²) in [6.07, 6.45) is 2.19. The smallest absolute Gasteiger partial charge is 0.257 e. The Morgan fingerprint density at radius 2 is 1.67 bits per heavy atom. The summed E-state index contributed by atoms with van der Waals surface area (Å²) in [6.45, 7) is 2.06. The summed E-state index contributed by atoms with van der Waals surface area (Å²) in [5.41, 5.74) is 2.13. The van der Waals surface area contributed by atoms with Crippen molar-refractivity contribution >= 4 is 37.4 Å². The van der Waals surface area contributed by atoms with Crippen LogP contribution >= 0.6 is 15.9 Å². The third-order valence-corrected chi connectivity index (χ3v) is 6.23. The first-order chi connectivity index (χ1) is 12.9. The van der Waals surface area contributed by atoms with Gasteiger partial charge >= 0.3 is 0 Å². The minimum Gasteiger partial charge on any atom is -0.322 e. The first kappa shape index (κ1) is 19.3. The first-order valence-corrected chi connectivity index (χ1v) is 10.5. The maximum atomic E-state index is 12.6. The average Bonchev–Trinajstić information content (AvgIpc) is 2.69. The van der Waals surface area contributed by atoms with Crippen molar-refractivity contribution in [2.24, 2.45) is 0 Å². The number of nitrogens with zero attached hydrogens (tertiary/aromatic N) is 1. The second-order valence-corrected chi connectivity index (χ2v) is 8.66. The van der Waals surface area contributed by atoms with Crippen LogP contribution in [0.5, 0.6) is 0 Å². The molecule has 1 amide bonds. The Morgan fingerprint density at radius 3 is 2.22 bits per heavy atom. The highest BCUT2D eigenvalue weighted by Gasteiger charge is 2.19. The van der Waals surface area contributed by atoms with Gasteiger partial charge in [0.15, 0.2) is 5.03 Å². The molecule has 1 aromatic heterocycles. The molecule has 138 valence electrons. The van der Waals surface area contributed by atoms with Crippen LogP contribution in [-0.2, 0) is 16.3 Å². The third-order valence-electron chi connectivity index (χ3n) is 4.02. The fourth-order valence-corrected chi connectivity index (χ4v) is 3.87. The van der Waals surface area contributed by atoms with E-state index in [4.69, 9.17) is 0 Å². The zero-order chi connectivity index (χ0) is 19.4. The Hall–Kier alpha value is -2.51. The lowest BCUT2D eigenvalue weighted by Gasteiger charge is -2.07. The SMILES string of the molecule is CCc1ccc(NC(=O)c2ccc(S(=O)(=O)c3ccc(Br)cc3)nc2)cc1. The van der Waals surface area contributed by atoms with Crippen molar-refractivity contribution in [3.63, 3.8) is 0 Å². The molecule has 0 radical (unpaired) electrons. The lowest BCUT2D eigenvalue weighted by Crippen LogP contribution is -2.13. The number of aromatic nitrogens is 1. The van der Waals surface area contributed by atoms with Crippen molar-refractivity contribution in [2.75, 3.05) is 5.32 Å². The van der Waals surface area contributed by atoms with Crippen molar-refractivity contribution < 1.29 is 13.2 Å². The van der Waals surface area contributed by atoms with Gasteiger partial charge < -0.3 is 5.32 Å². The molecule has 3 aromatic rings. The third kappa shape index (κ3) is 4.43. The Bertz CT molecular complexity index is 1050. The van der Waals surface area contributed by atoms with E-state index in [1.54, 1.807) is 12.1 Å². The number of halogens is 1. The van der Waals surface area contributed by atoms with Crippen molar-refractivity contribution in [2.45, 2.75) is 23.3 Å². The van der Waals surface area contributed by atoms with Gasteiger partial charge in [0.05, 0.1) is 10.5 Å². The highest BCUT2D eigenvalue weighted by Crippen LogP contribution is 2.21. The van der Waals surface area contributed by atoms with Gasteiger partial charge in [0.2, 0.25) is 9.84 Å².